The fourth-order valence-corrected chi connectivity index (χ4v) is 4.54. The normalized spacial score (nSPS) is 11.8. The minimum atomic E-state index is 0.687. The molecule has 174 valence electrons. The number of fused-ring (bicyclic) bond motifs is 3. The van der Waals surface area contributed by atoms with E-state index in [9.17, 15) is 0 Å². The standard InChI is InChI=1S/C24H18N12/c1-34-10-31-19-16(25-7-28-22(19)34)13-4-5-14(17-20-23(29-8-26-17)35(2)11-32-20)15(6-13)18-21-24(30-9-27-18)36(3)12-33-21/h4-12H,1-3H3. The van der Waals surface area contributed by atoms with Crippen LogP contribution in [0.3, 0.4) is 0 Å². The third-order valence-corrected chi connectivity index (χ3v) is 6.29. The van der Waals surface area contributed by atoms with Gasteiger partial charge in [0.1, 0.15) is 52.6 Å². The van der Waals surface area contributed by atoms with Crippen molar-refractivity contribution in [3.8, 4) is 33.8 Å². The number of hydrogen-bond acceptors (Lipinski definition) is 9. The maximum absolute atomic E-state index is 4.65. The zero-order chi connectivity index (χ0) is 24.4. The van der Waals surface area contributed by atoms with Crippen LogP contribution in [-0.2, 0) is 21.1 Å². The molecule has 0 N–H and O–H groups in total. The summed E-state index contributed by atoms with van der Waals surface area (Å²) in [6.45, 7) is 0. The second-order valence-corrected chi connectivity index (χ2v) is 8.51. The van der Waals surface area contributed by atoms with E-state index in [0.717, 1.165) is 44.8 Å². The smallest absolute Gasteiger partial charge is 0.163 e. The molecular weight excluding hydrogens is 456 g/mol. The van der Waals surface area contributed by atoms with Crippen molar-refractivity contribution in [2.45, 2.75) is 0 Å². The van der Waals surface area contributed by atoms with Crippen molar-refractivity contribution < 1.29 is 0 Å². The van der Waals surface area contributed by atoms with Gasteiger partial charge in [0.05, 0.1) is 19.0 Å². The lowest BCUT2D eigenvalue weighted by atomic mass is 9.96. The van der Waals surface area contributed by atoms with Crippen molar-refractivity contribution in [3.05, 3.63) is 56.2 Å². The summed E-state index contributed by atoms with van der Waals surface area (Å²) >= 11 is 0. The Kier molecular flexibility index (Phi) is 4.18. The molecule has 0 bridgehead atoms. The molecule has 0 saturated carbocycles. The first-order valence-corrected chi connectivity index (χ1v) is 11.1. The second kappa shape index (κ2) is 7.43. The molecule has 0 aliphatic heterocycles. The van der Waals surface area contributed by atoms with Gasteiger partial charge in [-0.2, -0.15) is 0 Å². The molecule has 12 heteroatoms. The summed E-state index contributed by atoms with van der Waals surface area (Å²) in [7, 11) is 5.72. The van der Waals surface area contributed by atoms with Crippen molar-refractivity contribution in [3.63, 3.8) is 0 Å². The van der Waals surface area contributed by atoms with E-state index in [0.29, 0.717) is 22.4 Å². The topological polar surface area (TPSA) is 131 Å². The van der Waals surface area contributed by atoms with Crippen LogP contribution < -0.4 is 0 Å². The van der Waals surface area contributed by atoms with Gasteiger partial charge in [-0.1, -0.05) is 12.1 Å². The van der Waals surface area contributed by atoms with Crippen LogP contribution in [0, 0.1) is 0 Å². The number of imidazole rings is 3. The van der Waals surface area contributed by atoms with Crippen molar-refractivity contribution in [1.29, 1.82) is 0 Å². The molecule has 12 nitrogen and oxygen atoms in total. The lowest BCUT2D eigenvalue weighted by molar-refractivity contribution is 0.928. The molecule has 0 radical (unpaired) electrons. The van der Waals surface area contributed by atoms with Gasteiger partial charge in [0.2, 0.25) is 0 Å². The monoisotopic (exact) mass is 474 g/mol. The fourth-order valence-electron chi connectivity index (χ4n) is 4.54. The van der Waals surface area contributed by atoms with Gasteiger partial charge in [-0.3, -0.25) is 0 Å². The minimum absolute atomic E-state index is 0.687. The van der Waals surface area contributed by atoms with Crippen LogP contribution in [0.2, 0.25) is 0 Å². The van der Waals surface area contributed by atoms with Gasteiger partial charge in [0.15, 0.2) is 16.9 Å². The zero-order valence-corrected chi connectivity index (χ0v) is 19.6. The van der Waals surface area contributed by atoms with E-state index in [2.05, 4.69) is 44.9 Å². The lowest BCUT2D eigenvalue weighted by Gasteiger charge is -2.12. The summed E-state index contributed by atoms with van der Waals surface area (Å²) in [4.78, 5) is 40.8. The molecule has 0 aliphatic carbocycles. The molecule has 0 unspecified atom stereocenters. The third-order valence-electron chi connectivity index (χ3n) is 6.29. The molecule has 36 heavy (non-hydrogen) atoms. The average Bonchev–Trinajstić information content (AvgIpc) is 3.61. The quantitative estimate of drug-likeness (QED) is 0.379. The first-order valence-electron chi connectivity index (χ1n) is 11.1. The van der Waals surface area contributed by atoms with Crippen molar-refractivity contribution in [1.82, 2.24) is 58.6 Å². The van der Waals surface area contributed by atoms with E-state index < -0.39 is 0 Å². The van der Waals surface area contributed by atoms with E-state index in [-0.39, 0.29) is 0 Å². The minimum Gasteiger partial charge on any atom is -0.318 e. The Labute approximate surface area is 203 Å². The Morgan fingerprint density at radius 1 is 0.472 bits per heavy atom. The molecule has 0 aliphatic rings. The van der Waals surface area contributed by atoms with Crippen LogP contribution in [-0.4, -0.2) is 58.6 Å². The Hall–Kier alpha value is -5.13. The molecule has 0 atom stereocenters. The van der Waals surface area contributed by atoms with Crippen molar-refractivity contribution in [2.24, 2.45) is 21.1 Å². The summed E-state index contributed by atoms with van der Waals surface area (Å²) in [5.41, 5.74) is 9.01. The SMILES string of the molecule is Cn1cnc2c(-c3ccc(-c4ncnc5c4ncn5C)c(-c4ncnc5c4ncn5C)c3)ncnc21. The number of aryl methyl sites for hydroxylation is 3. The van der Waals surface area contributed by atoms with E-state index in [4.69, 9.17) is 0 Å². The van der Waals surface area contributed by atoms with Crippen LogP contribution in [0.25, 0.3) is 67.3 Å². The van der Waals surface area contributed by atoms with Gasteiger partial charge < -0.3 is 13.7 Å². The molecule has 7 aromatic rings. The van der Waals surface area contributed by atoms with Crippen LogP contribution in [0.4, 0.5) is 0 Å². The third kappa shape index (κ3) is 2.84. The summed E-state index contributed by atoms with van der Waals surface area (Å²) < 4.78 is 5.61. The molecule has 6 heterocycles. The fraction of sp³-hybridized carbons (Fsp3) is 0.125. The zero-order valence-electron chi connectivity index (χ0n) is 19.6. The van der Waals surface area contributed by atoms with E-state index in [1.54, 1.807) is 38.0 Å². The second-order valence-electron chi connectivity index (χ2n) is 8.51. The maximum atomic E-state index is 4.65. The molecule has 0 spiro atoms. The van der Waals surface area contributed by atoms with Crippen LogP contribution in [0.15, 0.2) is 56.2 Å². The van der Waals surface area contributed by atoms with Gasteiger partial charge in [-0.25, -0.2) is 44.9 Å². The van der Waals surface area contributed by atoms with Crippen LogP contribution >= 0.6 is 0 Å². The number of benzene rings is 1. The molecule has 6 aromatic heterocycles. The highest BCUT2D eigenvalue weighted by atomic mass is 15.1. The highest BCUT2D eigenvalue weighted by Crippen LogP contribution is 2.38. The largest absolute Gasteiger partial charge is 0.318 e. The summed E-state index contributed by atoms with van der Waals surface area (Å²) in [6.07, 6.45) is 9.85. The Morgan fingerprint density at radius 2 is 0.917 bits per heavy atom. The van der Waals surface area contributed by atoms with Gasteiger partial charge >= 0.3 is 0 Å². The summed E-state index contributed by atoms with van der Waals surface area (Å²) in [6, 6.07) is 6.05. The van der Waals surface area contributed by atoms with E-state index in [1.807, 2.05) is 53.0 Å². The molecule has 0 fully saturated rings. The molecular formula is C24H18N12. The Balaban J connectivity index is 1.55. The van der Waals surface area contributed by atoms with Crippen molar-refractivity contribution in [2.75, 3.05) is 0 Å². The summed E-state index contributed by atoms with van der Waals surface area (Å²) in [5, 5.41) is 0. The van der Waals surface area contributed by atoms with Crippen LogP contribution in [0.5, 0.6) is 0 Å². The molecule has 1 aromatic carbocycles. The first kappa shape index (κ1) is 20.3. The van der Waals surface area contributed by atoms with Crippen molar-refractivity contribution >= 4 is 33.5 Å². The number of hydrogen-bond donors (Lipinski definition) is 0. The van der Waals surface area contributed by atoms with Gasteiger partial charge in [-0.15, -0.1) is 0 Å². The Morgan fingerprint density at radius 3 is 1.44 bits per heavy atom. The van der Waals surface area contributed by atoms with Gasteiger partial charge in [-0.05, 0) is 6.07 Å². The predicted octanol–water partition coefficient (Wildman–Crippen LogP) is 2.72. The Bertz CT molecular complexity index is 1940. The van der Waals surface area contributed by atoms with Gasteiger partial charge in [0, 0.05) is 37.8 Å². The number of nitrogens with zero attached hydrogens (tertiary/aromatic N) is 12. The van der Waals surface area contributed by atoms with Gasteiger partial charge in [0.25, 0.3) is 0 Å². The summed E-state index contributed by atoms with van der Waals surface area (Å²) in [5.74, 6) is 0. The highest BCUT2D eigenvalue weighted by Gasteiger charge is 2.21. The molecule has 7 rings (SSSR count). The maximum Gasteiger partial charge on any atom is 0.163 e. The van der Waals surface area contributed by atoms with E-state index >= 15 is 0 Å². The van der Waals surface area contributed by atoms with Crippen LogP contribution in [0.1, 0.15) is 0 Å². The average molecular weight is 474 g/mol. The lowest BCUT2D eigenvalue weighted by Crippen LogP contribution is -1.98. The predicted molar refractivity (Wildman–Crippen MR) is 132 cm³/mol. The molecule has 0 amide bonds. The number of rotatable bonds is 3. The molecule has 0 saturated heterocycles. The highest BCUT2D eigenvalue weighted by molar-refractivity contribution is 6.00. The first-order chi connectivity index (χ1) is 17.6. The van der Waals surface area contributed by atoms with E-state index in [1.165, 1.54) is 0 Å². The number of aromatic nitrogens is 12.